The van der Waals surface area contributed by atoms with Crippen LogP contribution in [0.2, 0.25) is 0 Å². The zero-order chi connectivity index (χ0) is 15.5. The number of nitrogens with zero attached hydrogens (tertiary/aromatic N) is 3. The smallest absolute Gasteiger partial charge is 0.276 e. The van der Waals surface area contributed by atoms with E-state index in [0.29, 0.717) is 17.4 Å². The highest BCUT2D eigenvalue weighted by Crippen LogP contribution is 2.28. The van der Waals surface area contributed by atoms with E-state index in [1.807, 2.05) is 10.9 Å². The maximum absolute atomic E-state index is 12.2. The predicted octanol–water partition coefficient (Wildman–Crippen LogP) is 1.74. The summed E-state index contributed by atoms with van der Waals surface area (Å²) in [5, 5.41) is 7.04. The van der Waals surface area contributed by atoms with Gasteiger partial charge in [-0.3, -0.25) is 14.3 Å². The van der Waals surface area contributed by atoms with Crippen molar-refractivity contribution >= 4 is 17.5 Å². The summed E-state index contributed by atoms with van der Waals surface area (Å²) in [6.45, 7) is 0. The van der Waals surface area contributed by atoms with Gasteiger partial charge in [0, 0.05) is 6.20 Å². The predicted molar refractivity (Wildman–Crippen MR) is 80.4 cm³/mol. The Kier molecular flexibility index (Phi) is 3.86. The summed E-state index contributed by atoms with van der Waals surface area (Å²) in [7, 11) is 0. The summed E-state index contributed by atoms with van der Waals surface area (Å²) in [6.07, 6.45) is 7.89. The molecule has 7 heteroatoms. The van der Waals surface area contributed by atoms with Gasteiger partial charge in [-0.2, -0.15) is 5.10 Å². The molecule has 0 atom stereocenters. The van der Waals surface area contributed by atoms with E-state index in [1.54, 1.807) is 12.1 Å². The molecule has 2 heterocycles. The van der Waals surface area contributed by atoms with Gasteiger partial charge in [-0.1, -0.05) is 12.8 Å². The average molecular weight is 299 g/mol. The zero-order valence-electron chi connectivity index (χ0n) is 12.0. The highest BCUT2D eigenvalue weighted by Gasteiger charge is 2.19. The van der Waals surface area contributed by atoms with E-state index in [4.69, 9.17) is 5.73 Å². The summed E-state index contributed by atoms with van der Waals surface area (Å²) in [4.78, 5) is 27.0. The first-order valence-corrected chi connectivity index (χ1v) is 7.26. The molecule has 0 spiro atoms. The molecule has 3 rings (SSSR count). The van der Waals surface area contributed by atoms with Crippen LogP contribution in [-0.4, -0.2) is 26.6 Å². The molecule has 1 fully saturated rings. The number of carbonyl (C=O) groups is 2. The molecule has 2 aromatic heterocycles. The van der Waals surface area contributed by atoms with Crippen molar-refractivity contribution in [1.29, 1.82) is 0 Å². The van der Waals surface area contributed by atoms with Crippen molar-refractivity contribution in [2.45, 2.75) is 31.7 Å². The molecule has 0 saturated heterocycles. The van der Waals surface area contributed by atoms with Gasteiger partial charge >= 0.3 is 0 Å². The fourth-order valence-corrected chi connectivity index (χ4v) is 2.64. The summed E-state index contributed by atoms with van der Waals surface area (Å²) >= 11 is 0. The van der Waals surface area contributed by atoms with E-state index in [-0.39, 0.29) is 11.6 Å². The van der Waals surface area contributed by atoms with Crippen LogP contribution in [0, 0.1) is 0 Å². The van der Waals surface area contributed by atoms with Gasteiger partial charge in [-0.25, -0.2) is 4.98 Å². The Morgan fingerprint density at radius 3 is 2.59 bits per heavy atom. The second-order valence-corrected chi connectivity index (χ2v) is 5.37. The minimum atomic E-state index is -0.604. The van der Waals surface area contributed by atoms with E-state index in [9.17, 15) is 9.59 Å². The first-order valence-electron chi connectivity index (χ1n) is 7.26. The maximum atomic E-state index is 12.2. The number of nitrogens with two attached hydrogens (primary N) is 1. The van der Waals surface area contributed by atoms with E-state index in [0.717, 1.165) is 12.8 Å². The first kappa shape index (κ1) is 14.2. The van der Waals surface area contributed by atoms with Crippen LogP contribution in [0.15, 0.2) is 30.6 Å². The lowest BCUT2D eigenvalue weighted by molar-refractivity contribution is 0.0993. The zero-order valence-corrected chi connectivity index (χ0v) is 12.0. The monoisotopic (exact) mass is 299 g/mol. The summed E-state index contributed by atoms with van der Waals surface area (Å²) in [5.74, 6) is -0.904. The maximum Gasteiger partial charge on any atom is 0.276 e. The minimum Gasteiger partial charge on any atom is -0.364 e. The molecule has 0 aliphatic heterocycles. The minimum absolute atomic E-state index is 0.156. The van der Waals surface area contributed by atoms with Crippen molar-refractivity contribution in [2.75, 3.05) is 5.32 Å². The molecule has 2 aromatic rings. The van der Waals surface area contributed by atoms with Gasteiger partial charge in [-0.05, 0) is 31.0 Å². The molecule has 1 aliphatic carbocycles. The SMILES string of the molecule is NC(=O)c1ccc(NC(=O)c2ccn(C3CCCC3)n2)cn1. The molecule has 22 heavy (non-hydrogen) atoms. The van der Waals surface area contributed by atoms with Gasteiger partial charge in [0.05, 0.1) is 17.9 Å². The van der Waals surface area contributed by atoms with Gasteiger partial charge in [0.2, 0.25) is 0 Å². The average Bonchev–Trinajstić information content (AvgIpc) is 3.19. The number of rotatable bonds is 4. The van der Waals surface area contributed by atoms with Crippen molar-refractivity contribution in [3.05, 3.63) is 42.0 Å². The summed E-state index contributed by atoms with van der Waals surface area (Å²) in [6, 6.07) is 5.16. The number of amides is 2. The van der Waals surface area contributed by atoms with E-state index >= 15 is 0 Å². The van der Waals surface area contributed by atoms with Crippen LogP contribution >= 0.6 is 0 Å². The van der Waals surface area contributed by atoms with Gasteiger partial charge in [0.15, 0.2) is 5.69 Å². The van der Waals surface area contributed by atoms with Gasteiger partial charge < -0.3 is 11.1 Å². The van der Waals surface area contributed by atoms with Crippen LogP contribution in [0.5, 0.6) is 0 Å². The Bertz CT molecular complexity index is 686. The fraction of sp³-hybridized carbons (Fsp3) is 0.333. The molecule has 7 nitrogen and oxygen atoms in total. The van der Waals surface area contributed by atoms with E-state index in [1.165, 1.54) is 25.1 Å². The van der Waals surface area contributed by atoms with Crippen LogP contribution in [-0.2, 0) is 0 Å². The Balaban J connectivity index is 1.67. The van der Waals surface area contributed by atoms with Crippen LogP contribution in [0.4, 0.5) is 5.69 Å². The number of hydrogen-bond donors (Lipinski definition) is 2. The second kappa shape index (κ2) is 5.97. The summed E-state index contributed by atoms with van der Waals surface area (Å²) in [5.41, 5.74) is 6.13. The highest BCUT2D eigenvalue weighted by molar-refractivity contribution is 6.02. The van der Waals surface area contributed by atoms with Crippen molar-refractivity contribution < 1.29 is 9.59 Å². The molecule has 0 bridgehead atoms. The Hall–Kier alpha value is -2.70. The number of anilines is 1. The Morgan fingerprint density at radius 1 is 1.18 bits per heavy atom. The quantitative estimate of drug-likeness (QED) is 0.897. The molecule has 1 saturated carbocycles. The van der Waals surface area contributed by atoms with Crippen molar-refractivity contribution in [3.8, 4) is 0 Å². The molecule has 2 amide bonds. The van der Waals surface area contributed by atoms with E-state index in [2.05, 4.69) is 15.4 Å². The van der Waals surface area contributed by atoms with Crippen LogP contribution in [0.25, 0.3) is 0 Å². The normalized spacial score (nSPS) is 14.9. The Labute approximate surface area is 127 Å². The second-order valence-electron chi connectivity index (χ2n) is 5.37. The number of carbonyl (C=O) groups excluding carboxylic acids is 2. The van der Waals surface area contributed by atoms with E-state index < -0.39 is 5.91 Å². The third-order valence-corrected chi connectivity index (χ3v) is 3.81. The van der Waals surface area contributed by atoms with Crippen LogP contribution in [0.1, 0.15) is 52.7 Å². The number of hydrogen-bond acceptors (Lipinski definition) is 4. The van der Waals surface area contributed by atoms with Gasteiger partial charge in [-0.15, -0.1) is 0 Å². The lowest BCUT2D eigenvalue weighted by atomic mass is 10.3. The molecular formula is C15H17N5O2. The molecule has 0 radical (unpaired) electrons. The lowest BCUT2D eigenvalue weighted by Gasteiger charge is -2.08. The molecule has 0 aromatic carbocycles. The van der Waals surface area contributed by atoms with Crippen LogP contribution < -0.4 is 11.1 Å². The highest BCUT2D eigenvalue weighted by atomic mass is 16.2. The lowest BCUT2D eigenvalue weighted by Crippen LogP contribution is -2.16. The van der Waals surface area contributed by atoms with Crippen molar-refractivity contribution in [1.82, 2.24) is 14.8 Å². The fourth-order valence-electron chi connectivity index (χ4n) is 2.64. The summed E-state index contributed by atoms with van der Waals surface area (Å²) < 4.78 is 1.87. The third kappa shape index (κ3) is 2.98. The number of primary amides is 1. The van der Waals surface area contributed by atoms with Crippen molar-refractivity contribution in [2.24, 2.45) is 5.73 Å². The van der Waals surface area contributed by atoms with Crippen LogP contribution in [0.3, 0.4) is 0 Å². The standard InChI is InChI=1S/C15H17N5O2/c16-14(21)12-6-5-10(9-17-12)18-15(22)13-7-8-20(19-13)11-3-1-2-4-11/h5-9,11H,1-4H2,(H2,16,21)(H,18,22). The first-order chi connectivity index (χ1) is 10.6. The number of pyridine rings is 1. The van der Waals surface area contributed by atoms with Gasteiger partial charge in [0.1, 0.15) is 5.69 Å². The van der Waals surface area contributed by atoms with Gasteiger partial charge in [0.25, 0.3) is 11.8 Å². The molecule has 114 valence electrons. The number of aromatic nitrogens is 3. The Morgan fingerprint density at radius 2 is 1.95 bits per heavy atom. The topological polar surface area (TPSA) is 103 Å². The third-order valence-electron chi connectivity index (χ3n) is 3.81. The number of nitrogens with one attached hydrogen (secondary N) is 1. The molecule has 1 aliphatic rings. The molecular weight excluding hydrogens is 282 g/mol. The molecule has 0 unspecified atom stereocenters. The van der Waals surface area contributed by atoms with Crippen molar-refractivity contribution in [3.63, 3.8) is 0 Å². The molecule has 3 N–H and O–H groups in total. The largest absolute Gasteiger partial charge is 0.364 e.